The molecule has 1 aliphatic heterocycles. The summed E-state index contributed by atoms with van der Waals surface area (Å²) in [6.07, 6.45) is 5.96. The summed E-state index contributed by atoms with van der Waals surface area (Å²) in [6, 6.07) is 4.09. The van der Waals surface area contributed by atoms with E-state index in [1.54, 1.807) is 0 Å². The summed E-state index contributed by atoms with van der Waals surface area (Å²) >= 11 is 3.40. The molecular weight excluding hydrogens is 280 g/mol. The van der Waals surface area contributed by atoms with Gasteiger partial charge in [-0.2, -0.15) is 0 Å². The number of ether oxygens (including phenoxy) is 1. The third kappa shape index (κ3) is 4.37. The van der Waals surface area contributed by atoms with E-state index in [0.717, 1.165) is 29.9 Å². The van der Waals surface area contributed by atoms with Crippen molar-refractivity contribution in [2.75, 3.05) is 20.2 Å². The number of halogens is 1. The van der Waals surface area contributed by atoms with Gasteiger partial charge >= 0.3 is 0 Å². The lowest BCUT2D eigenvalue weighted by Gasteiger charge is -2.27. The molecule has 3 nitrogen and oxygen atoms in total. The van der Waals surface area contributed by atoms with Crippen molar-refractivity contribution in [3.63, 3.8) is 0 Å². The van der Waals surface area contributed by atoms with Gasteiger partial charge in [0.05, 0.1) is 11.8 Å². The Bertz CT molecular complexity index is 336. The first-order valence-corrected chi connectivity index (χ1v) is 6.94. The van der Waals surface area contributed by atoms with E-state index in [2.05, 4.69) is 38.9 Å². The fourth-order valence-electron chi connectivity index (χ4n) is 2.14. The molecule has 4 heteroatoms. The van der Waals surface area contributed by atoms with Crippen molar-refractivity contribution in [2.45, 2.75) is 31.9 Å². The maximum Gasteiger partial charge on any atom is 0.0702 e. The van der Waals surface area contributed by atoms with Crippen LogP contribution in [-0.4, -0.2) is 36.2 Å². The Morgan fingerprint density at radius 1 is 1.47 bits per heavy atom. The molecule has 94 valence electrons. The lowest BCUT2D eigenvalue weighted by atomic mass is 10.1. The monoisotopic (exact) mass is 298 g/mol. The van der Waals surface area contributed by atoms with Crippen molar-refractivity contribution >= 4 is 15.9 Å². The second-order valence-corrected chi connectivity index (χ2v) is 5.57. The van der Waals surface area contributed by atoms with Crippen LogP contribution in [0, 0.1) is 0 Å². The van der Waals surface area contributed by atoms with Crippen LogP contribution in [-0.2, 0) is 11.3 Å². The first kappa shape index (κ1) is 13.0. The fraction of sp³-hybridized carbons (Fsp3) is 0.615. The number of likely N-dealkylation sites (N-methyl/N-ethyl adjacent to an activating group) is 1. The van der Waals surface area contributed by atoms with Crippen LogP contribution in [0.25, 0.3) is 0 Å². The van der Waals surface area contributed by atoms with Crippen molar-refractivity contribution in [2.24, 2.45) is 0 Å². The van der Waals surface area contributed by atoms with Crippen LogP contribution < -0.4 is 0 Å². The summed E-state index contributed by atoms with van der Waals surface area (Å²) in [6.45, 7) is 2.81. The zero-order valence-corrected chi connectivity index (χ0v) is 11.8. The van der Waals surface area contributed by atoms with Gasteiger partial charge in [-0.25, -0.2) is 0 Å². The topological polar surface area (TPSA) is 25.4 Å². The molecule has 2 rings (SSSR count). The molecule has 1 unspecified atom stereocenters. The molecule has 1 atom stereocenters. The van der Waals surface area contributed by atoms with Crippen LogP contribution in [0.1, 0.15) is 25.0 Å². The minimum atomic E-state index is 0.407. The van der Waals surface area contributed by atoms with Crippen molar-refractivity contribution in [3.8, 4) is 0 Å². The maximum absolute atomic E-state index is 5.74. The largest absolute Gasteiger partial charge is 0.377 e. The molecule has 0 spiro atoms. The molecule has 1 saturated heterocycles. The van der Waals surface area contributed by atoms with Crippen molar-refractivity contribution in [1.82, 2.24) is 9.88 Å². The highest BCUT2D eigenvalue weighted by Crippen LogP contribution is 2.14. The number of nitrogens with zero attached hydrogens (tertiary/aromatic N) is 2. The van der Waals surface area contributed by atoms with E-state index in [4.69, 9.17) is 4.74 Å². The Hall–Kier alpha value is -0.450. The number of aromatic nitrogens is 1. The molecule has 1 fully saturated rings. The standard InChI is InChI=1S/C13H19BrN2O/c1-16(10-13-4-2-3-7-17-13)9-12-6-5-11(14)8-15-12/h5-6,8,13H,2-4,7,9-10H2,1H3. The number of pyridine rings is 1. The van der Waals surface area contributed by atoms with Crippen molar-refractivity contribution < 1.29 is 4.74 Å². The lowest BCUT2D eigenvalue weighted by Crippen LogP contribution is -2.33. The average molecular weight is 299 g/mol. The molecule has 17 heavy (non-hydrogen) atoms. The molecule has 0 aliphatic carbocycles. The highest BCUT2D eigenvalue weighted by atomic mass is 79.9. The molecule has 2 heterocycles. The van der Waals surface area contributed by atoms with Gasteiger partial charge in [0, 0.05) is 30.4 Å². The van der Waals surface area contributed by atoms with Gasteiger partial charge in [-0.05, 0) is 54.4 Å². The van der Waals surface area contributed by atoms with Crippen LogP contribution >= 0.6 is 15.9 Å². The van der Waals surface area contributed by atoms with E-state index in [9.17, 15) is 0 Å². The number of rotatable bonds is 4. The Kier molecular flexibility index (Phi) is 4.95. The molecule has 1 aliphatic rings. The maximum atomic E-state index is 5.74. The van der Waals surface area contributed by atoms with Gasteiger partial charge in [0.15, 0.2) is 0 Å². The summed E-state index contributed by atoms with van der Waals surface area (Å²) in [5.41, 5.74) is 1.10. The summed E-state index contributed by atoms with van der Waals surface area (Å²) < 4.78 is 6.76. The Labute approximate surface area is 111 Å². The van der Waals surface area contributed by atoms with Crippen molar-refractivity contribution in [3.05, 3.63) is 28.5 Å². The molecule has 0 bridgehead atoms. The highest BCUT2D eigenvalue weighted by molar-refractivity contribution is 9.10. The van der Waals surface area contributed by atoms with E-state index >= 15 is 0 Å². The fourth-order valence-corrected chi connectivity index (χ4v) is 2.37. The van der Waals surface area contributed by atoms with Gasteiger partial charge in [0.1, 0.15) is 0 Å². The Morgan fingerprint density at radius 2 is 2.35 bits per heavy atom. The van der Waals surface area contributed by atoms with E-state index < -0.39 is 0 Å². The average Bonchev–Trinajstić information content (AvgIpc) is 2.33. The second-order valence-electron chi connectivity index (χ2n) is 4.65. The molecule has 0 saturated carbocycles. The van der Waals surface area contributed by atoms with Crippen LogP contribution in [0.4, 0.5) is 0 Å². The van der Waals surface area contributed by atoms with Gasteiger partial charge in [0.2, 0.25) is 0 Å². The normalized spacial score (nSPS) is 20.8. The zero-order valence-electron chi connectivity index (χ0n) is 10.2. The highest BCUT2D eigenvalue weighted by Gasteiger charge is 2.15. The smallest absolute Gasteiger partial charge is 0.0702 e. The molecule has 0 radical (unpaired) electrons. The van der Waals surface area contributed by atoms with Gasteiger partial charge in [-0.1, -0.05) is 0 Å². The van der Waals surface area contributed by atoms with Crippen LogP contribution in [0.15, 0.2) is 22.8 Å². The molecule has 0 amide bonds. The summed E-state index contributed by atoms with van der Waals surface area (Å²) in [5.74, 6) is 0. The van der Waals surface area contributed by atoms with Gasteiger partial charge in [-0.15, -0.1) is 0 Å². The summed E-state index contributed by atoms with van der Waals surface area (Å²) in [5, 5.41) is 0. The van der Waals surface area contributed by atoms with E-state index in [1.165, 1.54) is 19.3 Å². The zero-order chi connectivity index (χ0) is 12.1. The van der Waals surface area contributed by atoms with E-state index in [-0.39, 0.29) is 0 Å². The number of hydrogen-bond acceptors (Lipinski definition) is 3. The predicted octanol–water partition coefficient (Wildman–Crippen LogP) is 2.85. The SMILES string of the molecule is CN(Cc1ccc(Br)cn1)CC1CCCCO1. The molecule has 0 N–H and O–H groups in total. The van der Waals surface area contributed by atoms with Gasteiger partial charge in [0.25, 0.3) is 0 Å². The summed E-state index contributed by atoms with van der Waals surface area (Å²) in [4.78, 5) is 6.67. The third-order valence-corrected chi connectivity index (χ3v) is 3.48. The second kappa shape index (κ2) is 6.47. The number of hydrogen-bond donors (Lipinski definition) is 0. The minimum absolute atomic E-state index is 0.407. The summed E-state index contributed by atoms with van der Waals surface area (Å²) in [7, 11) is 2.13. The Balaban J connectivity index is 1.79. The molecular formula is C13H19BrN2O. The van der Waals surface area contributed by atoms with E-state index in [1.807, 2.05) is 12.3 Å². The van der Waals surface area contributed by atoms with Gasteiger partial charge in [-0.3, -0.25) is 9.88 Å². The quantitative estimate of drug-likeness (QED) is 0.855. The predicted molar refractivity (Wildman–Crippen MR) is 71.9 cm³/mol. The van der Waals surface area contributed by atoms with E-state index in [0.29, 0.717) is 6.10 Å². The Morgan fingerprint density at radius 3 is 3.00 bits per heavy atom. The molecule has 0 aromatic carbocycles. The third-order valence-electron chi connectivity index (χ3n) is 3.01. The lowest BCUT2D eigenvalue weighted by molar-refractivity contribution is -0.00274. The van der Waals surface area contributed by atoms with Gasteiger partial charge < -0.3 is 4.74 Å². The first-order valence-electron chi connectivity index (χ1n) is 6.14. The molecule has 1 aromatic rings. The molecule has 1 aromatic heterocycles. The van der Waals surface area contributed by atoms with Crippen LogP contribution in [0.2, 0.25) is 0 Å². The first-order chi connectivity index (χ1) is 8.24. The minimum Gasteiger partial charge on any atom is -0.377 e. The van der Waals surface area contributed by atoms with Crippen LogP contribution in [0.5, 0.6) is 0 Å². The van der Waals surface area contributed by atoms with Crippen molar-refractivity contribution in [1.29, 1.82) is 0 Å². The van der Waals surface area contributed by atoms with Crippen LogP contribution in [0.3, 0.4) is 0 Å².